The number of aliphatic hydroxyl groups excluding tert-OH is 1. The van der Waals surface area contributed by atoms with Crippen LogP contribution in [-0.2, 0) is 23.9 Å². The van der Waals surface area contributed by atoms with Crippen molar-refractivity contribution in [1.29, 1.82) is 0 Å². The zero-order valence-electron chi connectivity index (χ0n) is 17.5. The average molecular weight is 468 g/mol. The molecule has 1 N–H and O–H groups in total. The number of rotatable bonds is 11. The Balaban J connectivity index is 2.13. The van der Waals surface area contributed by atoms with Gasteiger partial charge in [0.1, 0.15) is 5.76 Å². The summed E-state index contributed by atoms with van der Waals surface area (Å²) in [5.41, 5.74) is -2.10. The number of unbranched alkanes of at least 4 members (excludes halogenated alkanes) is 5. The first-order valence-corrected chi connectivity index (χ1v) is 11.7. The van der Waals surface area contributed by atoms with Gasteiger partial charge in [0.15, 0.2) is 5.71 Å². The van der Waals surface area contributed by atoms with E-state index >= 15 is 0 Å². The highest BCUT2D eigenvalue weighted by atomic mass is 32.2. The summed E-state index contributed by atoms with van der Waals surface area (Å²) < 4.78 is 79.2. The lowest BCUT2D eigenvalue weighted by atomic mass is 9.96. The number of hydrogen-bond acceptors (Lipinski definition) is 7. The molecule has 0 saturated heterocycles. The van der Waals surface area contributed by atoms with Crippen LogP contribution in [-0.4, -0.2) is 50.7 Å². The van der Waals surface area contributed by atoms with Gasteiger partial charge in [-0.2, -0.15) is 21.6 Å². The van der Waals surface area contributed by atoms with Gasteiger partial charge in [0.05, 0.1) is 17.4 Å². The van der Waals surface area contributed by atoms with Crippen LogP contribution < -0.4 is 0 Å². The van der Waals surface area contributed by atoms with Gasteiger partial charge in [-0.25, -0.2) is 0 Å². The number of hydrogen-bond donors (Lipinski definition) is 1. The lowest BCUT2D eigenvalue weighted by Gasteiger charge is -2.29. The minimum absolute atomic E-state index is 0.241. The second kappa shape index (κ2) is 11.1. The Bertz CT molecular complexity index is 845. The van der Waals surface area contributed by atoms with Crippen LogP contribution in [0, 0.1) is 0 Å². The second-order valence-electron chi connectivity index (χ2n) is 7.33. The topological polar surface area (TPSA) is 94.4 Å². The fourth-order valence-corrected chi connectivity index (χ4v) is 3.98. The van der Waals surface area contributed by atoms with E-state index in [-0.39, 0.29) is 24.7 Å². The SMILES string of the molecule is CCCCCCCCS(=O)(=O)O/N=C(\C1=CC2=C(CC(OC)C=C2)OC1O)C(F)(F)F. The summed E-state index contributed by atoms with van der Waals surface area (Å²) in [5.74, 6) is -0.175. The molecule has 0 fully saturated rings. The van der Waals surface area contributed by atoms with Crippen LogP contribution in [0.4, 0.5) is 13.2 Å². The van der Waals surface area contributed by atoms with E-state index in [1.807, 2.05) is 0 Å². The Kier molecular flexibility index (Phi) is 9.14. The van der Waals surface area contributed by atoms with Gasteiger partial charge < -0.3 is 14.6 Å². The van der Waals surface area contributed by atoms with Gasteiger partial charge in [0, 0.05) is 19.1 Å². The third kappa shape index (κ3) is 7.65. The van der Waals surface area contributed by atoms with Crippen molar-refractivity contribution in [2.24, 2.45) is 5.16 Å². The molecule has 1 aliphatic heterocycles. The highest BCUT2D eigenvalue weighted by Gasteiger charge is 2.44. The third-order valence-electron chi connectivity index (χ3n) is 4.86. The Morgan fingerprint density at radius 2 is 1.94 bits per heavy atom. The Labute approximate surface area is 180 Å². The summed E-state index contributed by atoms with van der Waals surface area (Å²) in [6, 6.07) is 0. The summed E-state index contributed by atoms with van der Waals surface area (Å²) in [7, 11) is -2.83. The van der Waals surface area contributed by atoms with Crippen molar-refractivity contribution < 1.29 is 40.5 Å². The van der Waals surface area contributed by atoms with Gasteiger partial charge in [0.25, 0.3) is 0 Å². The fraction of sp³-hybridized carbons (Fsp3) is 0.650. The minimum Gasteiger partial charge on any atom is -0.464 e. The lowest BCUT2D eigenvalue weighted by Crippen LogP contribution is -2.35. The first-order chi connectivity index (χ1) is 14.6. The number of nitrogens with zero attached hydrogens (tertiary/aromatic N) is 1. The number of alkyl halides is 3. The maximum Gasteiger partial charge on any atom is 0.437 e. The molecule has 176 valence electrons. The molecule has 7 nitrogen and oxygen atoms in total. The summed E-state index contributed by atoms with van der Waals surface area (Å²) in [6.07, 6.45) is 1.85. The number of halogens is 3. The van der Waals surface area contributed by atoms with Crippen LogP contribution in [0.2, 0.25) is 0 Å². The molecule has 1 aliphatic carbocycles. The summed E-state index contributed by atoms with van der Waals surface area (Å²) in [6.45, 7) is 2.05. The van der Waals surface area contributed by atoms with Gasteiger partial charge >= 0.3 is 16.3 Å². The number of ether oxygens (including phenoxy) is 2. The molecule has 0 amide bonds. The van der Waals surface area contributed by atoms with E-state index in [0.717, 1.165) is 31.8 Å². The molecule has 0 radical (unpaired) electrons. The van der Waals surface area contributed by atoms with Crippen molar-refractivity contribution in [3.8, 4) is 0 Å². The minimum atomic E-state index is -5.07. The Morgan fingerprint density at radius 3 is 2.58 bits per heavy atom. The first-order valence-electron chi connectivity index (χ1n) is 10.1. The van der Waals surface area contributed by atoms with Crippen LogP contribution in [0.1, 0.15) is 51.9 Å². The average Bonchev–Trinajstić information content (AvgIpc) is 2.69. The van der Waals surface area contributed by atoms with Gasteiger partial charge in [-0.1, -0.05) is 56.3 Å². The fourth-order valence-electron chi connectivity index (χ4n) is 3.16. The molecule has 0 aromatic rings. The highest BCUT2D eigenvalue weighted by Crippen LogP contribution is 2.34. The maximum atomic E-state index is 13.6. The number of allylic oxidation sites excluding steroid dienone is 3. The van der Waals surface area contributed by atoms with E-state index in [4.69, 9.17) is 9.47 Å². The zero-order valence-corrected chi connectivity index (χ0v) is 18.3. The maximum absolute atomic E-state index is 13.6. The second-order valence-corrected chi connectivity index (χ2v) is 9.00. The van der Waals surface area contributed by atoms with E-state index in [1.54, 1.807) is 6.08 Å². The molecule has 2 atom stereocenters. The van der Waals surface area contributed by atoms with Crippen LogP contribution in [0.3, 0.4) is 0 Å². The van der Waals surface area contributed by atoms with E-state index in [9.17, 15) is 26.7 Å². The standard InChI is InChI=1S/C20H28F3NO6S/c1-3-4-5-6-7-8-11-31(26,27)30-24-18(20(21,22)23)16-12-14-9-10-15(28-2)13-17(14)29-19(16)25/h9-10,12,15,19,25H,3-8,11,13H2,1-2H3/b24-18+. The molecular weight excluding hydrogens is 439 g/mol. The largest absolute Gasteiger partial charge is 0.464 e. The molecule has 2 aliphatic rings. The van der Waals surface area contributed by atoms with E-state index in [1.165, 1.54) is 13.2 Å². The molecule has 2 rings (SSSR count). The van der Waals surface area contributed by atoms with Crippen LogP contribution in [0.25, 0.3) is 0 Å². The van der Waals surface area contributed by atoms with Crippen molar-refractivity contribution in [3.05, 3.63) is 35.1 Å². The molecule has 2 unspecified atom stereocenters. The smallest absolute Gasteiger partial charge is 0.437 e. The summed E-state index contributed by atoms with van der Waals surface area (Å²) in [5, 5.41) is 13.0. The van der Waals surface area contributed by atoms with Gasteiger partial charge in [-0.3, -0.25) is 4.28 Å². The van der Waals surface area contributed by atoms with Crippen LogP contribution >= 0.6 is 0 Å². The summed E-state index contributed by atoms with van der Waals surface area (Å²) >= 11 is 0. The van der Waals surface area contributed by atoms with Crippen molar-refractivity contribution in [2.45, 2.75) is 70.4 Å². The molecule has 31 heavy (non-hydrogen) atoms. The van der Waals surface area contributed by atoms with Crippen molar-refractivity contribution in [2.75, 3.05) is 12.9 Å². The quantitative estimate of drug-likeness (QED) is 0.279. The van der Waals surface area contributed by atoms with Crippen LogP contribution in [0.5, 0.6) is 0 Å². The lowest BCUT2D eigenvalue weighted by molar-refractivity contribution is -0.0712. The Hall–Kier alpha value is -1.85. The van der Waals surface area contributed by atoms with Gasteiger partial charge in [0.2, 0.25) is 6.29 Å². The number of oxime groups is 1. The molecule has 0 spiro atoms. The zero-order chi connectivity index (χ0) is 23.1. The molecular formula is C20H28F3NO6S. The van der Waals surface area contributed by atoms with Crippen molar-refractivity contribution in [3.63, 3.8) is 0 Å². The molecule has 0 aromatic heterocycles. The molecule has 1 heterocycles. The predicted octanol–water partition coefficient (Wildman–Crippen LogP) is 4.12. The first kappa shape index (κ1) is 25.4. The molecule has 11 heteroatoms. The number of aliphatic hydroxyl groups is 1. The molecule has 0 aromatic carbocycles. The molecule has 0 bridgehead atoms. The van der Waals surface area contributed by atoms with Crippen molar-refractivity contribution in [1.82, 2.24) is 0 Å². The Morgan fingerprint density at radius 1 is 1.26 bits per heavy atom. The van der Waals surface area contributed by atoms with Crippen LogP contribution in [0.15, 0.2) is 40.3 Å². The third-order valence-corrected chi connectivity index (χ3v) is 5.95. The van der Waals surface area contributed by atoms with Gasteiger partial charge in [-0.05, 0) is 12.5 Å². The van der Waals surface area contributed by atoms with Gasteiger partial charge in [-0.15, -0.1) is 0 Å². The number of methoxy groups -OCH3 is 1. The monoisotopic (exact) mass is 467 g/mol. The highest BCUT2D eigenvalue weighted by molar-refractivity contribution is 7.86. The van der Waals surface area contributed by atoms with E-state index in [2.05, 4.69) is 16.4 Å². The normalized spacial score (nSPS) is 22.1. The van der Waals surface area contributed by atoms with E-state index in [0.29, 0.717) is 12.0 Å². The van der Waals surface area contributed by atoms with Crippen molar-refractivity contribution >= 4 is 15.8 Å². The summed E-state index contributed by atoms with van der Waals surface area (Å²) in [4.78, 5) is 0. The predicted molar refractivity (Wildman–Crippen MR) is 108 cm³/mol. The molecule has 0 saturated carbocycles. The van der Waals surface area contributed by atoms with E-state index < -0.39 is 39.6 Å².